The van der Waals surface area contributed by atoms with Crippen LogP contribution in [0.1, 0.15) is 0 Å². The van der Waals surface area contributed by atoms with Gasteiger partial charge in [0.1, 0.15) is 22.0 Å². The van der Waals surface area contributed by atoms with Crippen molar-refractivity contribution in [3.8, 4) is 5.75 Å². The van der Waals surface area contributed by atoms with Crippen molar-refractivity contribution in [3.63, 3.8) is 0 Å². The van der Waals surface area contributed by atoms with Crippen LogP contribution >= 0.6 is 0 Å². The van der Waals surface area contributed by atoms with Crippen molar-refractivity contribution in [1.82, 2.24) is 0 Å². The minimum Gasteiger partial charge on any atom is -0.507 e. The number of para-hydroxylation sites is 1. The lowest BCUT2D eigenvalue weighted by Gasteiger charge is -2.13. The van der Waals surface area contributed by atoms with Gasteiger partial charge in [-0.15, -0.1) is 10.2 Å². The molecule has 198 valence electrons. The van der Waals surface area contributed by atoms with Crippen LogP contribution in [-0.4, -0.2) is 44.0 Å². The topological polar surface area (TPSA) is 220 Å². The number of phenolic OH excluding ortho intramolecular Hbond substituents is 1. The van der Waals surface area contributed by atoms with Gasteiger partial charge in [0.15, 0.2) is 0 Å². The van der Waals surface area contributed by atoms with Crippen LogP contribution < -0.4 is 5.32 Å². The Bertz CT molecular complexity index is 1920. The number of fused-ring (bicyclic) bond motifs is 1. The third-order valence-corrected chi connectivity index (χ3v) is 7.76. The van der Waals surface area contributed by atoms with Gasteiger partial charge < -0.3 is 10.4 Å². The molecule has 0 amide bonds. The maximum absolute atomic E-state index is 11.8. The molecule has 0 aromatic heterocycles. The Morgan fingerprint density at radius 2 is 1.29 bits per heavy atom. The van der Waals surface area contributed by atoms with Gasteiger partial charge >= 0.3 is 0 Å². The van der Waals surface area contributed by atoms with Crippen LogP contribution in [0.25, 0.3) is 10.8 Å². The molecule has 0 bridgehead atoms. The zero-order chi connectivity index (χ0) is 27.9. The zero-order valence-electron chi connectivity index (χ0n) is 18.8. The second-order valence-electron chi connectivity index (χ2n) is 7.75. The fourth-order valence-electron chi connectivity index (χ4n) is 3.47. The van der Waals surface area contributed by atoms with E-state index in [2.05, 4.69) is 15.5 Å². The second-order valence-corrected chi connectivity index (χ2v) is 12.0. The molecule has 4 aromatic carbocycles. The lowest BCUT2D eigenvalue weighted by molar-refractivity contribution is 0.471. The van der Waals surface area contributed by atoms with E-state index < -0.39 is 56.5 Å². The summed E-state index contributed by atoms with van der Waals surface area (Å²) in [5.74, 6) is -0.537. The number of hydrogen-bond donors (Lipinski definition) is 5. The van der Waals surface area contributed by atoms with Crippen molar-refractivity contribution in [3.05, 3.63) is 72.8 Å². The minimum atomic E-state index is -4.93. The quantitative estimate of drug-likeness (QED) is 0.152. The van der Waals surface area contributed by atoms with Gasteiger partial charge in [0, 0.05) is 22.5 Å². The summed E-state index contributed by atoms with van der Waals surface area (Å²) in [5.41, 5.74) is -0.115. The van der Waals surface area contributed by atoms with Crippen molar-refractivity contribution < 1.29 is 44.0 Å². The fraction of sp³-hybridized carbons (Fsp3) is 0. The lowest BCUT2D eigenvalue weighted by Crippen LogP contribution is -2.02. The first-order chi connectivity index (χ1) is 17.6. The van der Waals surface area contributed by atoms with Gasteiger partial charge in [0.05, 0.1) is 15.5 Å². The van der Waals surface area contributed by atoms with Gasteiger partial charge in [-0.2, -0.15) is 25.3 Å². The molecule has 13 nitrogen and oxygen atoms in total. The molecule has 0 aliphatic carbocycles. The van der Waals surface area contributed by atoms with E-state index in [0.717, 1.165) is 18.2 Å². The van der Waals surface area contributed by atoms with Crippen LogP contribution in [-0.2, 0) is 30.4 Å². The maximum atomic E-state index is 11.8. The lowest BCUT2D eigenvalue weighted by atomic mass is 10.1. The average molecular weight is 580 g/mol. The Labute approximate surface area is 216 Å². The average Bonchev–Trinajstić information content (AvgIpc) is 2.82. The van der Waals surface area contributed by atoms with E-state index in [4.69, 9.17) is 0 Å². The molecule has 0 atom stereocenters. The van der Waals surface area contributed by atoms with Crippen LogP contribution in [0.4, 0.5) is 22.7 Å². The molecule has 0 heterocycles. The van der Waals surface area contributed by atoms with Crippen LogP contribution in [0, 0.1) is 0 Å². The standard InChI is InChI=1S/C22H17N3O10S3/c26-20-12-15(37(30,31)32)10-17-16(20)7-8-18(23-13-4-2-1-3-5-13)22(17)25-24-19-11-14(36(27,28)29)6-9-21(19)38(33,34)35/h1-12,23,26H,(H,27,28,29)(H,30,31,32)(H,33,34,35). The van der Waals surface area contributed by atoms with Gasteiger partial charge in [0.25, 0.3) is 30.4 Å². The number of nitrogens with one attached hydrogen (secondary N) is 1. The highest BCUT2D eigenvalue weighted by Gasteiger charge is 2.21. The summed E-state index contributed by atoms with van der Waals surface area (Å²) in [7, 11) is -14.5. The Hall–Kier alpha value is -3.93. The highest BCUT2D eigenvalue weighted by atomic mass is 32.2. The van der Waals surface area contributed by atoms with E-state index in [1.807, 2.05) is 0 Å². The number of hydrogen-bond acceptors (Lipinski definition) is 10. The Balaban J connectivity index is 2.02. The van der Waals surface area contributed by atoms with E-state index in [1.165, 1.54) is 12.1 Å². The second kappa shape index (κ2) is 9.75. The number of benzene rings is 4. The van der Waals surface area contributed by atoms with Gasteiger partial charge in [-0.25, -0.2) is 0 Å². The monoisotopic (exact) mass is 579 g/mol. The van der Waals surface area contributed by atoms with Gasteiger partial charge in [-0.05, 0) is 48.5 Å². The van der Waals surface area contributed by atoms with Crippen LogP contribution in [0.5, 0.6) is 5.75 Å². The van der Waals surface area contributed by atoms with Crippen molar-refractivity contribution in [2.24, 2.45) is 10.2 Å². The SMILES string of the molecule is O=S(=O)(O)c1ccc(S(=O)(=O)O)c(N=Nc2c(Nc3ccccc3)ccc3c(O)cc(S(=O)(=O)O)cc23)c1. The molecule has 0 saturated heterocycles. The highest BCUT2D eigenvalue weighted by Crippen LogP contribution is 2.42. The molecule has 0 saturated carbocycles. The third kappa shape index (κ3) is 5.80. The molecule has 0 spiro atoms. The first-order valence-corrected chi connectivity index (χ1v) is 14.6. The summed E-state index contributed by atoms with van der Waals surface area (Å²) >= 11 is 0. The Morgan fingerprint density at radius 1 is 0.632 bits per heavy atom. The smallest absolute Gasteiger partial charge is 0.296 e. The summed E-state index contributed by atoms with van der Waals surface area (Å²) in [6.07, 6.45) is 0. The summed E-state index contributed by atoms with van der Waals surface area (Å²) < 4.78 is 98.8. The number of aromatic hydroxyl groups is 1. The number of nitrogens with zero attached hydrogens (tertiary/aromatic N) is 2. The van der Waals surface area contributed by atoms with Crippen LogP contribution in [0.3, 0.4) is 0 Å². The molecule has 16 heteroatoms. The predicted octanol–water partition coefficient (Wildman–Crippen LogP) is 4.44. The fourth-order valence-corrected chi connectivity index (χ4v) is 5.10. The van der Waals surface area contributed by atoms with Crippen molar-refractivity contribution >= 4 is 63.9 Å². The number of azo groups is 1. The molecular weight excluding hydrogens is 562 g/mol. The first kappa shape index (κ1) is 27.1. The molecular formula is C22H17N3O10S3. The summed E-state index contributed by atoms with van der Waals surface area (Å²) in [6, 6.07) is 15.3. The molecule has 38 heavy (non-hydrogen) atoms. The molecule has 0 aliphatic rings. The zero-order valence-corrected chi connectivity index (χ0v) is 21.2. The highest BCUT2D eigenvalue weighted by molar-refractivity contribution is 7.86. The normalized spacial score (nSPS) is 12.7. The number of rotatable bonds is 7. The van der Waals surface area contributed by atoms with E-state index >= 15 is 0 Å². The van der Waals surface area contributed by atoms with Gasteiger partial charge in [-0.3, -0.25) is 13.7 Å². The van der Waals surface area contributed by atoms with Crippen LogP contribution in [0.2, 0.25) is 0 Å². The first-order valence-electron chi connectivity index (χ1n) is 10.2. The molecule has 0 unspecified atom stereocenters. The van der Waals surface area contributed by atoms with Crippen molar-refractivity contribution in [2.75, 3.05) is 5.32 Å². The van der Waals surface area contributed by atoms with Crippen molar-refractivity contribution in [2.45, 2.75) is 14.7 Å². The predicted molar refractivity (Wildman–Crippen MR) is 135 cm³/mol. The Morgan fingerprint density at radius 3 is 1.89 bits per heavy atom. The maximum Gasteiger partial charge on any atom is 0.296 e. The number of phenols is 1. The summed E-state index contributed by atoms with van der Waals surface area (Å²) in [5, 5.41) is 21.2. The minimum absolute atomic E-state index is 0.0540. The Kier molecular flexibility index (Phi) is 6.96. The molecule has 0 radical (unpaired) electrons. The summed E-state index contributed by atoms with van der Waals surface area (Å²) in [4.78, 5) is -2.26. The number of anilines is 2. The third-order valence-electron chi connectivity index (χ3n) is 5.17. The van der Waals surface area contributed by atoms with Gasteiger partial charge in [-0.1, -0.05) is 18.2 Å². The molecule has 4 rings (SSSR count). The molecule has 4 aromatic rings. The molecule has 0 aliphatic heterocycles. The molecule has 0 fully saturated rings. The van der Waals surface area contributed by atoms with E-state index in [1.54, 1.807) is 30.3 Å². The van der Waals surface area contributed by atoms with Crippen molar-refractivity contribution in [1.29, 1.82) is 0 Å². The largest absolute Gasteiger partial charge is 0.507 e. The summed E-state index contributed by atoms with van der Waals surface area (Å²) in [6.45, 7) is 0. The van der Waals surface area contributed by atoms with E-state index in [-0.39, 0.29) is 22.1 Å². The van der Waals surface area contributed by atoms with Crippen LogP contribution in [0.15, 0.2) is 97.7 Å². The van der Waals surface area contributed by atoms with E-state index in [9.17, 15) is 44.0 Å². The van der Waals surface area contributed by atoms with E-state index in [0.29, 0.717) is 17.8 Å². The molecule has 5 N–H and O–H groups in total. The van der Waals surface area contributed by atoms with Gasteiger partial charge in [0.2, 0.25) is 0 Å².